The molecule has 0 aromatic heterocycles. The maximum Gasteiger partial charge on any atom is 0.323 e. The zero-order valence-electron chi connectivity index (χ0n) is 9.55. The van der Waals surface area contributed by atoms with Crippen LogP contribution in [0.2, 0.25) is 0 Å². The van der Waals surface area contributed by atoms with Crippen molar-refractivity contribution in [1.82, 2.24) is 4.90 Å². The molecule has 0 spiro atoms. The minimum Gasteiger partial charge on any atom is -0.480 e. The summed E-state index contributed by atoms with van der Waals surface area (Å²) < 4.78 is 0. The Hall–Kier alpha value is -1.01. The van der Waals surface area contributed by atoms with Crippen molar-refractivity contribution in [3.05, 3.63) is 0 Å². The standard InChI is InChI=1S/C12H19NO2/c1-3-4-6-9-13-10-7-5-8-12(13,2)11(14)15/h5-10H2,1-2H3,(H,14,15). The van der Waals surface area contributed by atoms with Gasteiger partial charge in [-0.2, -0.15) is 0 Å². The van der Waals surface area contributed by atoms with Crippen LogP contribution in [0, 0.1) is 11.8 Å². The zero-order chi connectivity index (χ0) is 11.3. The number of likely N-dealkylation sites (tertiary alicyclic amines) is 1. The molecule has 3 nitrogen and oxygen atoms in total. The number of carboxylic acids is 1. The van der Waals surface area contributed by atoms with Crippen molar-refractivity contribution in [2.75, 3.05) is 13.1 Å². The lowest BCUT2D eigenvalue weighted by Crippen LogP contribution is -2.55. The highest BCUT2D eigenvalue weighted by atomic mass is 16.4. The first-order valence-corrected chi connectivity index (χ1v) is 5.49. The van der Waals surface area contributed by atoms with Crippen molar-refractivity contribution >= 4 is 5.97 Å². The molecular weight excluding hydrogens is 190 g/mol. The van der Waals surface area contributed by atoms with E-state index >= 15 is 0 Å². The van der Waals surface area contributed by atoms with Gasteiger partial charge < -0.3 is 5.11 Å². The minimum atomic E-state index is -0.702. The van der Waals surface area contributed by atoms with Gasteiger partial charge in [-0.25, -0.2) is 0 Å². The molecule has 0 aliphatic carbocycles. The molecule has 0 amide bonds. The monoisotopic (exact) mass is 209 g/mol. The Balaban J connectivity index is 2.64. The average Bonchev–Trinajstić information content (AvgIpc) is 2.21. The second-order valence-electron chi connectivity index (χ2n) is 4.20. The van der Waals surface area contributed by atoms with Gasteiger partial charge >= 0.3 is 5.97 Å². The highest BCUT2D eigenvalue weighted by Crippen LogP contribution is 2.28. The van der Waals surface area contributed by atoms with Gasteiger partial charge in [-0.1, -0.05) is 0 Å². The number of hydrogen-bond donors (Lipinski definition) is 1. The van der Waals surface area contributed by atoms with E-state index in [4.69, 9.17) is 0 Å². The molecule has 0 aromatic carbocycles. The van der Waals surface area contributed by atoms with Gasteiger partial charge in [0.1, 0.15) is 5.54 Å². The van der Waals surface area contributed by atoms with Crippen LogP contribution in [0.3, 0.4) is 0 Å². The van der Waals surface area contributed by atoms with Crippen molar-refractivity contribution in [1.29, 1.82) is 0 Å². The van der Waals surface area contributed by atoms with E-state index in [0.717, 1.165) is 38.8 Å². The van der Waals surface area contributed by atoms with Crippen LogP contribution in [0.15, 0.2) is 0 Å². The summed E-state index contributed by atoms with van der Waals surface area (Å²) in [6.45, 7) is 5.29. The summed E-state index contributed by atoms with van der Waals surface area (Å²) in [6.07, 6.45) is 3.63. The first kappa shape index (κ1) is 12.1. The summed E-state index contributed by atoms with van der Waals surface area (Å²) in [5.74, 6) is 5.13. The van der Waals surface area contributed by atoms with E-state index in [1.807, 2.05) is 13.8 Å². The quantitative estimate of drug-likeness (QED) is 0.720. The molecule has 1 heterocycles. The second-order valence-corrected chi connectivity index (χ2v) is 4.20. The molecule has 1 aliphatic rings. The van der Waals surface area contributed by atoms with E-state index in [9.17, 15) is 9.90 Å². The van der Waals surface area contributed by atoms with E-state index < -0.39 is 11.5 Å². The molecule has 1 unspecified atom stereocenters. The van der Waals surface area contributed by atoms with Gasteiger partial charge in [-0.15, -0.1) is 11.8 Å². The van der Waals surface area contributed by atoms with Crippen LogP contribution in [-0.4, -0.2) is 34.6 Å². The Morgan fingerprint density at radius 1 is 1.53 bits per heavy atom. The molecule has 0 bridgehead atoms. The highest BCUT2D eigenvalue weighted by molar-refractivity contribution is 5.78. The average molecular weight is 209 g/mol. The third-order valence-electron chi connectivity index (χ3n) is 3.18. The van der Waals surface area contributed by atoms with Crippen molar-refractivity contribution < 1.29 is 9.90 Å². The lowest BCUT2D eigenvalue weighted by atomic mass is 9.88. The molecule has 1 fully saturated rings. The Labute approximate surface area is 91.5 Å². The van der Waals surface area contributed by atoms with Gasteiger partial charge in [0.15, 0.2) is 0 Å². The van der Waals surface area contributed by atoms with Gasteiger partial charge in [0, 0.05) is 13.0 Å². The number of nitrogens with zero attached hydrogens (tertiary/aromatic N) is 1. The van der Waals surface area contributed by atoms with Crippen molar-refractivity contribution in [2.45, 2.75) is 45.1 Å². The normalized spacial score (nSPS) is 26.8. The third kappa shape index (κ3) is 2.73. The Kier molecular flexibility index (Phi) is 4.16. The van der Waals surface area contributed by atoms with Crippen molar-refractivity contribution in [3.8, 4) is 11.8 Å². The number of carbonyl (C=O) groups is 1. The number of rotatable bonds is 3. The Morgan fingerprint density at radius 3 is 2.87 bits per heavy atom. The number of hydrogen-bond acceptors (Lipinski definition) is 2. The fourth-order valence-corrected chi connectivity index (χ4v) is 2.09. The predicted octanol–water partition coefficient (Wildman–Crippen LogP) is 1.73. The maximum atomic E-state index is 11.2. The lowest BCUT2D eigenvalue weighted by molar-refractivity contribution is -0.152. The smallest absolute Gasteiger partial charge is 0.323 e. The molecule has 1 aliphatic heterocycles. The molecule has 0 saturated carbocycles. The van der Waals surface area contributed by atoms with Crippen LogP contribution in [-0.2, 0) is 4.79 Å². The maximum absolute atomic E-state index is 11.2. The molecule has 1 rings (SSSR count). The van der Waals surface area contributed by atoms with Gasteiger partial charge in [-0.05, 0) is 39.7 Å². The summed E-state index contributed by atoms with van der Waals surface area (Å²) in [6, 6.07) is 0. The molecular formula is C12H19NO2. The van der Waals surface area contributed by atoms with Gasteiger partial charge in [0.25, 0.3) is 0 Å². The van der Waals surface area contributed by atoms with E-state index in [0.29, 0.717) is 0 Å². The van der Waals surface area contributed by atoms with Crippen LogP contribution in [0.5, 0.6) is 0 Å². The molecule has 3 heteroatoms. The number of carboxylic acid groups (broad SMARTS) is 1. The van der Waals surface area contributed by atoms with Crippen LogP contribution < -0.4 is 0 Å². The molecule has 1 saturated heterocycles. The van der Waals surface area contributed by atoms with Crippen LogP contribution in [0.1, 0.15) is 39.5 Å². The molecule has 0 aromatic rings. The predicted molar refractivity (Wildman–Crippen MR) is 59.5 cm³/mol. The first-order chi connectivity index (χ1) is 7.11. The molecule has 0 radical (unpaired) electrons. The largest absolute Gasteiger partial charge is 0.480 e. The summed E-state index contributed by atoms with van der Waals surface area (Å²) >= 11 is 0. The first-order valence-electron chi connectivity index (χ1n) is 5.49. The molecule has 1 N–H and O–H groups in total. The summed E-state index contributed by atoms with van der Waals surface area (Å²) in [5.41, 5.74) is -0.673. The fourth-order valence-electron chi connectivity index (χ4n) is 2.09. The van der Waals surface area contributed by atoms with Gasteiger partial charge in [0.05, 0.1) is 0 Å². The Morgan fingerprint density at radius 2 is 2.27 bits per heavy atom. The summed E-state index contributed by atoms with van der Waals surface area (Å²) in [4.78, 5) is 13.3. The number of aliphatic carboxylic acids is 1. The van der Waals surface area contributed by atoms with E-state index in [2.05, 4.69) is 16.7 Å². The summed E-state index contributed by atoms with van der Waals surface area (Å²) in [7, 11) is 0. The third-order valence-corrected chi connectivity index (χ3v) is 3.18. The highest BCUT2D eigenvalue weighted by Gasteiger charge is 2.40. The molecule has 84 valence electrons. The molecule has 1 atom stereocenters. The van der Waals surface area contributed by atoms with Crippen LogP contribution in [0.25, 0.3) is 0 Å². The van der Waals surface area contributed by atoms with E-state index in [-0.39, 0.29) is 0 Å². The number of piperidine rings is 1. The minimum absolute atomic E-state index is 0.673. The lowest BCUT2D eigenvalue weighted by Gasteiger charge is -2.41. The second kappa shape index (κ2) is 5.18. The van der Waals surface area contributed by atoms with E-state index in [1.54, 1.807) is 0 Å². The summed E-state index contributed by atoms with van der Waals surface area (Å²) in [5, 5.41) is 9.25. The van der Waals surface area contributed by atoms with Gasteiger partial charge in [-0.3, -0.25) is 9.69 Å². The SMILES string of the molecule is CC#CCCN1CCCCC1(C)C(=O)O. The van der Waals surface area contributed by atoms with Crippen molar-refractivity contribution in [3.63, 3.8) is 0 Å². The van der Waals surface area contributed by atoms with E-state index in [1.165, 1.54) is 0 Å². The molecule has 15 heavy (non-hydrogen) atoms. The van der Waals surface area contributed by atoms with Gasteiger partial charge in [0.2, 0.25) is 0 Å². The fraction of sp³-hybridized carbons (Fsp3) is 0.750. The van der Waals surface area contributed by atoms with Crippen LogP contribution in [0.4, 0.5) is 0 Å². The Bertz CT molecular complexity index is 290. The zero-order valence-corrected chi connectivity index (χ0v) is 9.55. The topological polar surface area (TPSA) is 40.5 Å². The van der Waals surface area contributed by atoms with Crippen molar-refractivity contribution in [2.24, 2.45) is 0 Å². The van der Waals surface area contributed by atoms with Crippen LogP contribution >= 0.6 is 0 Å².